The third kappa shape index (κ3) is 3.99. The SMILES string of the molecule is C[C@@H]1CCCCN1CCNC(=O)c1ccn(-c2ccccc2)n1. The molecule has 0 unspecified atom stereocenters. The number of piperidine rings is 1. The third-order valence-electron chi connectivity index (χ3n) is 4.47. The van der Waals surface area contributed by atoms with Crippen molar-refractivity contribution < 1.29 is 4.79 Å². The molecule has 1 aliphatic rings. The first-order chi connectivity index (χ1) is 11.2. The lowest BCUT2D eigenvalue weighted by Crippen LogP contribution is -2.42. The average Bonchev–Trinajstić information content (AvgIpc) is 3.07. The second-order valence-electron chi connectivity index (χ2n) is 6.12. The molecule has 1 aromatic carbocycles. The summed E-state index contributed by atoms with van der Waals surface area (Å²) in [5, 5.41) is 7.33. The summed E-state index contributed by atoms with van der Waals surface area (Å²) >= 11 is 0. The number of aromatic nitrogens is 2. The third-order valence-corrected chi connectivity index (χ3v) is 4.47. The molecule has 1 saturated heterocycles. The maximum absolute atomic E-state index is 12.2. The highest BCUT2D eigenvalue weighted by Crippen LogP contribution is 2.15. The quantitative estimate of drug-likeness (QED) is 0.923. The molecule has 1 amide bonds. The van der Waals surface area contributed by atoms with Gasteiger partial charge in [-0.25, -0.2) is 4.68 Å². The molecular formula is C18H24N4O. The van der Waals surface area contributed by atoms with Gasteiger partial charge in [-0.1, -0.05) is 24.6 Å². The van der Waals surface area contributed by atoms with Gasteiger partial charge in [0.1, 0.15) is 0 Å². The zero-order valence-corrected chi connectivity index (χ0v) is 13.6. The number of likely N-dealkylation sites (tertiary alicyclic amines) is 1. The van der Waals surface area contributed by atoms with Crippen LogP contribution < -0.4 is 5.32 Å². The molecule has 23 heavy (non-hydrogen) atoms. The molecule has 1 aromatic heterocycles. The molecule has 0 saturated carbocycles. The van der Waals surface area contributed by atoms with Crippen molar-refractivity contribution in [1.82, 2.24) is 20.0 Å². The molecule has 5 nitrogen and oxygen atoms in total. The maximum atomic E-state index is 12.2. The van der Waals surface area contributed by atoms with E-state index in [1.807, 2.05) is 36.5 Å². The van der Waals surface area contributed by atoms with Crippen molar-refractivity contribution in [2.24, 2.45) is 0 Å². The van der Waals surface area contributed by atoms with Gasteiger partial charge in [0.15, 0.2) is 5.69 Å². The predicted octanol–water partition coefficient (Wildman–Crippen LogP) is 2.48. The second-order valence-corrected chi connectivity index (χ2v) is 6.12. The molecule has 5 heteroatoms. The van der Waals surface area contributed by atoms with Gasteiger partial charge in [-0.05, 0) is 44.5 Å². The van der Waals surface area contributed by atoms with Gasteiger partial charge in [-0.2, -0.15) is 5.10 Å². The molecule has 1 aliphatic heterocycles. The second kappa shape index (κ2) is 7.42. The van der Waals surface area contributed by atoms with Crippen molar-refractivity contribution in [2.75, 3.05) is 19.6 Å². The van der Waals surface area contributed by atoms with Crippen LogP contribution >= 0.6 is 0 Å². The molecule has 0 radical (unpaired) electrons. The monoisotopic (exact) mass is 312 g/mol. The Kier molecular flexibility index (Phi) is 5.08. The molecular weight excluding hydrogens is 288 g/mol. The summed E-state index contributed by atoms with van der Waals surface area (Å²) < 4.78 is 1.72. The summed E-state index contributed by atoms with van der Waals surface area (Å²) in [6.07, 6.45) is 5.66. The van der Waals surface area contributed by atoms with Crippen molar-refractivity contribution in [3.05, 3.63) is 48.3 Å². The van der Waals surface area contributed by atoms with E-state index in [4.69, 9.17) is 0 Å². The van der Waals surface area contributed by atoms with Gasteiger partial charge in [-0.15, -0.1) is 0 Å². The Hall–Kier alpha value is -2.14. The number of benzene rings is 1. The molecule has 1 N–H and O–H groups in total. The van der Waals surface area contributed by atoms with E-state index in [0.717, 1.165) is 18.8 Å². The summed E-state index contributed by atoms with van der Waals surface area (Å²) in [6, 6.07) is 12.2. The topological polar surface area (TPSA) is 50.2 Å². The Labute approximate surface area is 137 Å². The highest BCUT2D eigenvalue weighted by atomic mass is 16.1. The normalized spacial score (nSPS) is 18.7. The van der Waals surface area contributed by atoms with Crippen molar-refractivity contribution in [2.45, 2.75) is 32.2 Å². The van der Waals surface area contributed by atoms with Crippen LogP contribution in [0, 0.1) is 0 Å². The van der Waals surface area contributed by atoms with E-state index >= 15 is 0 Å². The maximum Gasteiger partial charge on any atom is 0.271 e. The van der Waals surface area contributed by atoms with Crippen LogP contribution in [0.4, 0.5) is 0 Å². The summed E-state index contributed by atoms with van der Waals surface area (Å²) in [6.45, 7) is 4.98. The number of rotatable bonds is 5. The number of carbonyl (C=O) groups is 1. The zero-order chi connectivity index (χ0) is 16.1. The van der Waals surface area contributed by atoms with Gasteiger partial charge in [0.2, 0.25) is 0 Å². The summed E-state index contributed by atoms with van der Waals surface area (Å²) in [5.74, 6) is -0.107. The number of hydrogen-bond acceptors (Lipinski definition) is 3. The standard InChI is InChI=1S/C18H24N4O/c1-15-7-5-6-12-21(15)14-11-19-18(23)17-10-13-22(20-17)16-8-3-2-4-9-16/h2-4,8-10,13,15H,5-7,11-12,14H2,1H3,(H,19,23)/t15-/m1/s1. The molecule has 1 fully saturated rings. The number of hydrogen-bond donors (Lipinski definition) is 1. The molecule has 122 valence electrons. The van der Waals surface area contributed by atoms with Gasteiger partial charge in [0.25, 0.3) is 5.91 Å². The Morgan fingerprint density at radius 1 is 1.26 bits per heavy atom. The largest absolute Gasteiger partial charge is 0.349 e. The molecule has 1 atom stereocenters. The van der Waals surface area contributed by atoms with Crippen molar-refractivity contribution in [1.29, 1.82) is 0 Å². The number of para-hydroxylation sites is 1. The zero-order valence-electron chi connectivity index (χ0n) is 13.6. The minimum Gasteiger partial charge on any atom is -0.349 e. The number of nitrogens with one attached hydrogen (secondary N) is 1. The van der Waals surface area contributed by atoms with Crippen LogP contribution in [0.3, 0.4) is 0 Å². The lowest BCUT2D eigenvalue weighted by Gasteiger charge is -2.33. The Morgan fingerprint density at radius 3 is 2.87 bits per heavy atom. The first-order valence-electron chi connectivity index (χ1n) is 8.37. The fourth-order valence-corrected chi connectivity index (χ4v) is 3.06. The van der Waals surface area contributed by atoms with Crippen LogP contribution in [0.25, 0.3) is 5.69 Å². The molecule has 0 spiro atoms. The van der Waals surface area contributed by atoms with E-state index < -0.39 is 0 Å². The molecule has 2 aromatic rings. The van der Waals surface area contributed by atoms with Crippen molar-refractivity contribution >= 4 is 5.91 Å². The van der Waals surface area contributed by atoms with Crippen LogP contribution in [-0.2, 0) is 0 Å². The van der Waals surface area contributed by atoms with E-state index in [0.29, 0.717) is 18.3 Å². The van der Waals surface area contributed by atoms with Crippen molar-refractivity contribution in [3.8, 4) is 5.69 Å². The van der Waals surface area contributed by atoms with Crippen LogP contribution in [0.15, 0.2) is 42.6 Å². The molecule has 2 heterocycles. The van der Waals surface area contributed by atoms with Gasteiger partial charge in [0, 0.05) is 25.3 Å². The van der Waals surface area contributed by atoms with E-state index in [1.165, 1.54) is 19.3 Å². The summed E-state index contributed by atoms with van der Waals surface area (Å²) in [5.41, 5.74) is 1.41. The molecule has 0 bridgehead atoms. The van der Waals surface area contributed by atoms with Gasteiger partial charge >= 0.3 is 0 Å². The Balaban J connectivity index is 1.52. The van der Waals surface area contributed by atoms with E-state index in [-0.39, 0.29) is 5.91 Å². The van der Waals surface area contributed by atoms with Crippen LogP contribution in [0.1, 0.15) is 36.7 Å². The fourth-order valence-electron chi connectivity index (χ4n) is 3.06. The average molecular weight is 312 g/mol. The lowest BCUT2D eigenvalue weighted by molar-refractivity contribution is 0.0933. The number of amides is 1. The van der Waals surface area contributed by atoms with E-state index in [2.05, 4.69) is 22.2 Å². The molecule has 0 aliphatic carbocycles. The summed E-state index contributed by atoms with van der Waals surface area (Å²) in [7, 11) is 0. The number of nitrogens with zero attached hydrogens (tertiary/aromatic N) is 3. The van der Waals surface area contributed by atoms with Crippen LogP contribution in [-0.4, -0.2) is 46.3 Å². The minimum atomic E-state index is -0.107. The highest BCUT2D eigenvalue weighted by molar-refractivity contribution is 5.92. The first-order valence-corrected chi connectivity index (χ1v) is 8.37. The highest BCUT2D eigenvalue weighted by Gasteiger charge is 2.18. The minimum absolute atomic E-state index is 0.107. The van der Waals surface area contributed by atoms with Gasteiger partial charge < -0.3 is 5.32 Å². The first kappa shape index (κ1) is 15.7. The van der Waals surface area contributed by atoms with E-state index in [9.17, 15) is 4.79 Å². The Morgan fingerprint density at radius 2 is 2.09 bits per heavy atom. The number of carbonyl (C=O) groups excluding carboxylic acids is 1. The van der Waals surface area contributed by atoms with Crippen LogP contribution in [0.2, 0.25) is 0 Å². The smallest absolute Gasteiger partial charge is 0.271 e. The Bertz CT molecular complexity index is 637. The summed E-state index contributed by atoms with van der Waals surface area (Å²) in [4.78, 5) is 14.7. The predicted molar refractivity (Wildman–Crippen MR) is 90.8 cm³/mol. The van der Waals surface area contributed by atoms with Crippen LogP contribution in [0.5, 0.6) is 0 Å². The van der Waals surface area contributed by atoms with Crippen molar-refractivity contribution in [3.63, 3.8) is 0 Å². The van der Waals surface area contributed by atoms with Gasteiger partial charge in [0.05, 0.1) is 5.69 Å². The molecule has 3 rings (SSSR count). The van der Waals surface area contributed by atoms with Gasteiger partial charge in [-0.3, -0.25) is 9.69 Å². The lowest BCUT2D eigenvalue weighted by atomic mass is 10.0. The fraction of sp³-hybridized carbons (Fsp3) is 0.444. The van der Waals surface area contributed by atoms with E-state index in [1.54, 1.807) is 10.7 Å².